The first kappa shape index (κ1) is 15.5. The Morgan fingerprint density at radius 1 is 1.29 bits per heavy atom. The minimum Gasteiger partial charge on any atom is -0.478 e. The number of nitrogens with zero attached hydrogens (tertiary/aromatic N) is 1. The molecule has 0 bridgehead atoms. The molecule has 1 aliphatic carbocycles. The van der Waals surface area contributed by atoms with Crippen molar-refractivity contribution in [2.75, 3.05) is 13.1 Å². The molecule has 1 saturated carbocycles. The Balaban J connectivity index is 1.94. The average molecular weight is 289 g/mol. The van der Waals surface area contributed by atoms with E-state index in [4.69, 9.17) is 5.11 Å². The van der Waals surface area contributed by atoms with Crippen LogP contribution in [-0.2, 0) is 11.2 Å². The van der Waals surface area contributed by atoms with Gasteiger partial charge in [0.05, 0.1) is 5.56 Å². The number of aromatic carboxylic acids is 1. The van der Waals surface area contributed by atoms with Gasteiger partial charge in [0, 0.05) is 19.5 Å². The summed E-state index contributed by atoms with van der Waals surface area (Å²) in [6, 6.07) is 6.92. The molecule has 0 radical (unpaired) electrons. The number of carboxylic acid groups (broad SMARTS) is 1. The highest BCUT2D eigenvalue weighted by Crippen LogP contribution is 2.30. The Hall–Kier alpha value is -1.84. The van der Waals surface area contributed by atoms with Gasteiger partial charge in [-0.1, -0.05) is 25.1 Å². The first-order valence-electron chi connectivity index (χ1n) is 7.70. The molecule has 1 N–H and O–H groups in total. The predicted molar refractivity (Wildman–Crippen MR) is 81.3 cm³/mol. The van der Waals surface area contributed by atoms with Gasteiger partial charge in [-0.05, 0) is 43.2 Å². The highest BCUT2D eigenvalue weighted by atomic mass is 16.4. The summed E-state index contributed by atoms with van der Waals surface area (Å²) in [7, 11) is 0. The summed E-state index contributed by atoms with van der Waals surface area (Å²) < 4.78 is 0. The molecule has 0 atom stereocenters. The molecule has 1 aliphatic rings. The molecule has 1 aromatic carbocycles. The third-order valence-corrected chi connectivity index (χ3v) is 3.88. The van der Waals surface area contributed by atoms with E-state index in [0.717, 1.165) is 25.1 Å². The molecule has 0 spiro atoms. The fraction of sp³-hybridized carbons (Fsp3) is 0.529. The molecule has 0 unspecified atom stereocenters. The van der Waals surface area contributed by atoms with Gasteiger partial charge in [-0.15, -0.1) is 0 Å². The van der Waals surface area contributed by atoms with Crippen LogP contribution in [0.25, 0.3) is 0 Å². The van der Waals surface area contributed by atoms with Gasteiger partial charge < -0.3 is 10.0 Å². The lowest BCUT2D eigenvalue weighted by Crippen LogP contribution is -2.33. The summed E-state index contributed by atoms with van der Waals surface area (Å²) in [6.07, 6.45) is 4.30. The maximum absolute atomic E-state index is 12.3. The van der Waals surface area contributed by atoms with E-state index >= 15 is 0 Å². The lowest BCUT2D eigenvalue weighted by molar-refractivity contribution is -0.131. The number of amides is 1. The summed E-state index contributed by atoms with van der Waals surface area (Å²) in [6.45, 7) is 3.75. The van der Waals surface area contributed by atoms with Crippen molar-refractivity contribution >= 4 is 11.9 Å². The average Bonchev–Trinajstić information content (AvgIpc) is 3.28. The Labute approximate surface area is 125 Å². The highest BCUT2D eigenvalue weighted by molar-refractivity contribution is 5.89. The van der Waals surface area contributed by atoms with E-state index in [1.165, 1.54) is 12.8 Å². The van der Waals surface area contributed by atoms with Crippen LogP contribution < -0.4 is 0 Å². The van der Waals surface area contributed by atoms with Gasteiger partial charge in [-0.3, -0.25) is 4.79 Å². The second-order valence-electron chi connectivity index (χ2n) is 5.75. The smallest absolute Gasteiger partial charge is 0.335 e. The van der Waals surface area contributed by atoms with E-state index < -0.39 is 5.97 Å². The van der Waals surface area contributed by atoms with Crippen LogP contribution >= 0.6 is 0 Å². The van der Waals surface area contributed by atoms with Crippen molar-refractivity contribution in [1.82, 2.24) is 4.90 Å². The second-order valence-corrected chi connectivity index (χ2v) is 5.75. The quantitative estimate of drug-likeness (QED) is 0.800. The van der Waals surface area contributed by atoms with Gasteiger partial charge in [-0.25, -0.2) is 4.79 Å². The number of hydrogen-bond acceptors (Lipinski definition) is 2. The van der Waals surface area contributed by atoms with Crippen LogP contribution in [0, 0.1) is 5.92 Å². The number of rotatable bonds is 8. The minimum absolute atomic E-state index is 0.143. The van der Waals surface area contributed by atoms with E-state index in [1.807, 2.05) is 11.0 Å². The monoisotopic (exact) mass is 289 g/mol. The number of carboxylic acids is 1. The molecule has 0 saturated heterocycles. The van der Waals surface area contributed by atoms with Crippen LogP contribution in [0.1, 0.15) is 48.5 Å². The fourth-order valence-corrected chi connectivity index (χ4v) is 2.55. The van der Waals surface area contributed by atoms with Crippen LogP contribution in [0.15, 0.2) is 24.3 Å². The molecular formula is C17H23NO3. The van der Waals surface area contributed by atoms with E-state index in [2.05, 4.69) is 6.92 Å². The van der Waals surface area contributed by atoms with Crippen LogP contribution in [0.3, 0.4) is 0 Å². The van der Waals surface area contributed by atoms with E-state index in [0.29, 0.717) is 24.3 Å². The van der Waals surface area contributed by atoms with E-state index in [1.54, 1.807) is 18.2 Å². The molecule has 0 aliphatic heterocycles. The number of carbonyl (C=O) groups excluding carboxylic acids is 1. The lowest BCUT2D eigenvalue weighted by Gasteiger charge is -2.22. The fourth-order valence-electron chi connectivity index (χ4n) is 2.55. The van der Waals surface area contributed by atoms with Gasteiger partial charge in [0.15, 0.2) is 0 Å². The van der Waals surface area contributed by atoms with Gasteiger partial charge >= 0.3 is 5.97 Å². The molecule has 2 rings (SSSR count). The van der Waals surface area contributed by atoms with Crippen molar-refractivity contribution < 1.29 is 14.7 Å². The van der Waals surface area contributed by atoms with E-state index in [9.17, 15) is 9.59 Å². The van der Waals surface area contributed by atoms with Crippen molar-refractivity contribution in [2.45, 2.75) is 39.0 Å². The maximum atomic E-state index is 12.3. The van der Waals surface area contributed by atoms with Crippen molar-refractivity contribution in [3.05, 3.63) is 35.4 Å². The Morgan fingerprint density at radius 3 is 2.62 bits per heavy atom. The molecular weight excluding hydrogens is 266 g/mol. The normalized spacial score (nSPS) is 14.0. The topological polar surface area (TPSA) is 57.6 Å². The van der Waals surface area contributed by atoms with Crippen molar-refractivity contribution in [1.29, 1.82) is 0 Å². The standard InChI is InChI=1S/C17H23NO3/c1-2-11-18(12-13-7-8-13)16(19)10-9-14-5-3-4-6-15(14)17(20)21/h3-6,13H,2,7-12H2,1H3,(H,20,21). The number of hydrogen-bond donors (Lipinski definition) is 1. The van der Waals surface area contributed by atoms with Crippen LogP contribution in [0.5, 0.6) is 0 Å². The van der Waals surface area contributed by atoms with Crippen LogP contribution in [0.2, 0.25) is 0 Å². The molecule has 0 aromatic heterocycles. The number of carbonyl (C=O) groups is 2. The SMILES string of the molecule is CCCN(CC1CC1)C(=O)CCc1ccccc1C(=O)O. The van der Waals surface area contributed by atoms with Crippen LogP contribution in [0.4, 0.5) is 0 Å². The first-order chi connectivity index (χ1) is 10.1. The number of benzene rings is 1. The maximum Gasteiger partial charge on any atom is 0.335 e. The molecule has 4 heteroatoms. The van der Waals surface area contributed by atoms with Crippen LogP contribution in [-0.4, -0.2) is 35.0 Å². The highest BCUT2D eigenvalue weighted by Gasteiger charge is 2.26. The van der Waals surface area contributed by atoms with Crippen molar-refractivity contribution in [2.24, 2.45) is 5.92 Å². The first-order valence-corrected chi connectivity index (χ1v) is 7.70. The molecule has 21 heavy (non-hydrogen) atoms. The molecule has 0 heterocycles. The van der Waals surface area contributed by atoms with Gasteiger partial charge in [0.2, 0.25) is 5.91 Å². The van der Waals surface area contributed by atoms with Crippen molar-refractivity contribution in [3.63, 3.8) is 0 Å². The summed E-state index contributed by atoms with van der Waals surface area (Å²) >= 11 is 0. The summed E-state index contributed by atoms with van der Waals surface area (Å²) in [5, 5.41) is 9.16. The Bertz CT molecular complexity index is 509. The molecule has 4 nitrogen and oxygen atoms in total. The van der Waals surface area contributed by atoms with E-state index in [-0.39, 0.29) is 5.91 Å². The third kappa shape index (κ3) is 4.59. The molecule has 1 aromatic rings. The summed E-state index contributed by atoms with van der Waals surface area (Å²) in [4.78, 5) is 25.4. The molecule has 114 valence electrons. The third-order valence-electron chi connectivity index (χ3n) is 3.88. The van der Waals surface area contributed by atoms with Crippen molar-refractivity contribution in [3.8, 4) is 0 Å². The van der Waals surface area contributed by atoms with Gasteiger partial charge in [0.1, 0.15) is 0 Å². The lowest BCUT2D eigenvalue weighted by atomic mass is 10.0. The predicted octanol–water partition coefficient (Wildman–Crippen LogP) is 2.97. The molecule has 1 fully saturated rings. The van der Waals surface area contributed by atoms with Gasteiger partial charge in [-0.2, -0.15) is 0 Å². The summed E-state index contributed by atoms with van der Waals surface area (Å²) in [5.74, 6) is -0.0998. The Morgan fingerprint density at radius 2 is 2.00 bits per heavy atom. The molecule has 1 amide bonds. The zero-order valence-corrected chi connectivity index (χ0v) is 12.5. The second kappa shape index (κ2) is 7.25. The minimum atomic E-state index is -0.929. The Kier molecular flexibility index (Phi) is 5.37. The zero-order chi connectivity index (χ0) is 15.2. The zero-order valence-electron chi connectivity index (χ0n) is 12.5. The largest absolute Gasteiger partial charge is 0.478 e. The van der Waals surface area contributed by atoms with Gasteiger partial charge in [0.25, 0.3) is 0 Å². The summed E-state index contributed by atoms with van der Waals surface area (Å²) in [5.41, 5.74) is 1.04. The number of aryl methyl sites for hydroxylation is 1.